The molecule has 4 rings (SSSR count). The Hall–Kier alpha value is -2.64. The Bertz CT molecular complexity index is 1100. The molecule has 9 heteroatoms. The highest BCUT2D eigenvalue weighted by atomic mass is 35.5. The van der Waals surface area contributed by atoms with Gasteiger partial charge in [-0.15, -0.1) is 0 Å². The third-order valence-corrected chi connectivity index (χ3v) is 6.09. The maximum Gasteiger partial charge on any atom is 0.260 e. The lowest BCUT2D eigenvalue weighted by Crippen LogP contribution is -2.32. The van der Waals surface area contributed by atoms with Gasteiger partial charge in [0.1, 0.15) is 17.4 Å². The van der Waals surface area contributed by atoms with Crippen molar-refractivity contribution in [2.45, 2.75) is 38.4 Å². The molecule has 31 heavy (non-hydrogen) atoms. The van der Waals surface area contributed by atoms with Crippen LogP contribution in [0.15, 0.2) is 48.7 Å². The van der Waals surface area contributed by atoms with Crippen LogP contribution >= 0.6 is 23.2 Å². The number of carbonyl (C=O) groups excluding carboxylic acids is 1. The summed E-state index contributed by atoms with van der Waals surface area (Å²) in [5.41, 5.74) is 2.94. The van der Waals surface area contributed by atoms with Crippen LogP contribution in [0.1, 0.15) is 45.6 Å². The van der Waals surface area contributed by atoms with Crippen molar-refractivity contribution >= 4 is 34.9 Å². The van der Waals surface area contributed by atoms with Crippen molar-refractivity contribution in [1.82, 2.24) is 15.1 Å². The SMILES string of the molecule is Cc1ccc([C@@H]2C[C@H](C(F)F)n3ncc(C(=O)NCc4ccc(Cl)c(Cl)c4)c3N2)cc1. The summed E-state index contributed by atoms with van der Waals surface area (Å²) in [6.45, 7) is 2.17. The molecule has 0 unspecified atom stereocenters. The van der Waals surface area contributed by atoms with Gasteiger partial charge in [-0.05, 0) is 36.6 Å². The molecule has 2 N–H and O–H groups in total. The fourth-order valence-electron chi connectivity index (χ4n) is 3.64. The summed E-state index contributed by atoms with van der Waals surface area (Å²) in [5.74, 6) is -0.133. The second kappa shape index (κ2) is 8.85. The summed E-state index contributed by atoms with van der Waals surface area (Å²) < 4.78 is 28.8. The molecule has 0 radical (unpaired) electrons. The first-order valence-electron chi connectivity index (χ1n) is 9.74. The number of amides is 1. The fraction of sp³-hybridized carbons (Fsp3) is 0.273. The number of aryl methyl sites for hydroxylation is 1. The zero-order chi connectivity index (χ0) is 22.1. The molecule has 162 valence electrons. The Morgan fingerprint density at radius 2 is 1.97 bits per heavy atom. The van der Waals surface area contributed by atoms with Gasteiger partial charge in [0.15, 0.2) is 0 Å². The van der Waals surface area contributed by atoms with Crippen molar-refractivity contribution in [1.29, 1.82) is 0 Å². The first kappa shape index (κ1) is 21.6. The monoisotopic (exact) mass is 464 g/mol. The normalized spacial score (nSPS) is 17.9. The van der Waals surface area contributed by atoms with Crippen molar-refractivity contribution in [2.75, 3.05) is 5.32 Å². The molecular weight excluding hydrogens is 445 g/mol. The summed E-state index contributed by atoms with van der Waals surface area (Å²) in [6.07, 6.45) is -1.13. The van der Waals surface area contributed by atoms with Gasteiger partial charge in [0, 0.05) is 6.54 Å². The third-order valence-electron chi connectivity index (χ3n) is 5.35. The molecule has 0 spiro atoms. The molecule has 1 aliphatic heterocycles. The number of hydrogen-bond acceptors (Lipinski definition) is 3. The van der Waals surface area contributed by atoms with E-state index >= 15 is 0 Å². The van der Waals surface area contributed by atoms with Crippen LogP contribution in [0.25, 0.3) is 0 Å². The topological polar surface area (TPSA) is 59.0 Å². The van der Waals surface area contributed by atoms with Crippen molar-refractivity contribution in [2.24, 2.45) is 0 Å². The van der Waals surface area contributed by atoms with Crippen LogP contribution in [0.5, 0.6) is 0 Å². The van der Waals surface area contributed by atoms with Crippen LogP contribution in [-0.4, -0.2) is 22.1 Å². The van der Waals surface area contributed by atoms with Crippen molar-refractivity contribution in [3.05, 3.63) is 81.0 Å². The van der Waals surface area contributed by atoms with Gasteiger partial charge in [-0.25, -0.2) is 13.5 Å². The number of halogens is 4. The van der Waals surface area contributed by atoms with Gasteiger partial charge >= 0.3 is 0 Å². The van der Waals surface area contributed by atoms with Crippen LogP contribution < -0.4 is 10.6 Å². The van der Waals surface area contributed by atoms with Gasteiger partial charge in [-0.2, -0.15) is 5.10 Å². The highest BCUT2D eigenvalue weighted by Gasteiger charge is 2.36. The molecule has 2 aromatic carbocycles. The van der Waals surface area contributed by atoms with Gasteiger partial charge in [0.05, 0.1) is 22.3 Å². The molecule has 0 fully saturated rings. The molecule has 2 heterocycles. The van der Waals surface area contributed by atoms with Gasteiger partial charge in [0.25, 0.3) is 12.3 Å². The lowest BCUT2D eigenvalue weighted by atomic mass is 9.96. The van der Waals surface area contributed by atoms with Gasteiger partial charge in [-0.3, -0.25) is 4.79 Å². The van der Waals surface area contributed by atoms with Crippen LogP contribution in [0, 0.1) is 6.92 Å². The fourth-order valence-corrected chi connectivity index (χ4v) is 3.96. The van der Waals surface area contributed by atoms with Gasteiger partial charge in [-0.1, -0.05) is 59.1 Å². The number of nitrogens with one attached hydrogen (secondary N) is 2. The number of alkyl halides is 2. The first-order valence-corrected chi connectivity index (χ1v) is 10.5. The smallest absolute Gasteiger partial charge is 0.260 e. The van der Waals surface area contributed by atoms with Crippen molar-refractivity contribution in [3.63, 3.8) is 0 Å². The van der Waals surface area contributed by atoms with Crippen LogP contribution in [-0.2, 0) is 6.54 Å². The summed E-state index contributed by atoms with van der Waals surface area (Å²) in [6, 6.07) is 11.3. The van der Waals surface area contributed by atoms with Gasteiger partial charge < -0.3 is 10.6 Å². The lowest BCUT2D eigenvalue weighted by Gasteiger charge is -2.32. The standard InChI is InChI=1S/C22H20Cl2F2N4O/c1-12-2-5-14(6-3-12)18-9-19(20(25)26)30-21(29-18)15(11-28-30)22(31)27-10-13-4-7-16(23)17(24)8-13/h2-8,11,18-20,29H,9-10H2,1H3,(H,27,31)/t18-,19+/m0/s1. The van der Waals surface area contributed by atoms with E-state index in [1.807, 2.05) is 31.2 Å². The largest absolute Gasteiger partial charge is 0.363 e. The molecular formula is C22H20Cl2F2N4O. The molecule has 1 amide bonds. The third kappa shape index (κ3) is 4.52. The lowest BCUT2D eigenvalue weighted by molar-refractivity contribution is 0.0656. The zero-order valence-electron chi connectivity index (χ0n) is 16.6. The zero-order valence-corrected chi connectivity index (χ0v) is 18.1. The van der Waals surface area contributed by atoms with E-state index in [0.717, 1.165) is 16.7 Å². The Morgan fingerprint density at radius 1 is 1.23 bits per heavy atom. The number of anilines is 1. The Kier molecular flexibility index (Phi) is 6.16. The minimum atomic E-state index is -2.61. The minimum absolute atomic E-state index is 0.166. The number of carbonyl (C=O) groups is 1. The second-order valence-corrected chi connectivity index (χ2v) is 8.34. The molecule has 3 aromatic rings. The average Bonchev–Trinajstić information content (AvgIpc) is 3.18. The van der Waals surface area contributed by atoms with E-state index in [1.165, 1.54) is 10.9 Å². The second-order valence-electron chi connectivity index (χ2n) is 7.53. The summed E-state index contributed by atoms with van der Waals surface area (Å²) >= 11 is 11.9. The Morgan fingerprint density at radius 3 is 2.65 bits per heavy atom. The Labute approximate surface area is 188 Å². The number of aromatic nitrogens is 2. The summed E-state index contributed by atoms with van der Waals surface area (Å²) in [4.78, 5) is 12.8. The number of hydrogen-bond donors (Lipinski definition) is 2. The van der Waals surface area contributed by atoms with E-state index in [1.54, 1.807) is 18.2 Å². The van der Waals surface area contributed by atoms with Crippen molar-refractivity contribution < 1.29 is 13.6 Å². The van der Waals surface area contributed by atoms with Gasteiger partial charge in [0.2, 0.25) is 0 Å². The van der Waals surface area contributed by atoms with Crippen molar-refractivity contribution in [3.8, 4) is 0 Å². The predicted octanol–water partition coefficient (Wildman–Crippen LogP) is 5.79. The molecule has 0 saturated carbocycles. The van der Waals surface area contributed by atoms with E-state index in [2.05, 4.69) is 15.7 Å². The van der Waals surface area contributed by atoms with Crippen LogP contribution in [0.2, 0.25) is 10.0 Å². The minimum Gasteiger partial charge on any atom is -0.363 e. The molecule has 2 atom stereocenters. The highest BCUT2D eigenvalue weighted by Crippen LogP contribution is 2.39. The highest BCUT2D eigenvalue weighted by molar-refractivity contribution is 6.42. The molecule has 1 aliphatic rings. The van der Waals surface area contributed by atoms with E-state index < -0.39 is 18.4 Å². The van der Waals surface area contributed by atoms with E-state index in [9.17, 15) is 13.6 Å². The number of rotatable bonds is 5. The van der Waals surface area contributed by atoms with E-state index in [0.29, 0.717) is 10.0 Å². The average molecular weight is 465 g/mol. The number of nitrogens with zero attached hydrogens (tertiary/aromatic N) is 2. The number of fused-ring (bicyclic) bond motifs is 1. The molecule has 5 nitrogen and oxygen atoms in total. The number of benzene rings is 2. The van der Waals surface area contributed by atoms with E-state index in [4.69, 9.17) is 23.2 Å². The maximum atomic E-state index is 13.8. The van der Waals surface area contributed by atoms with E-state index in [-0.39, 0.29) is 30.4 Å². The summed E-state index contributed by atoms with van der Waals surface area (Å²) in [7, 11) is 0. The molecule has 1 aromatic heterocycles. The Balaban J connectivity index is 1.57. The van der Waals surface area contributed by atoms with Crippen LogP contribution in [0.4, 0.5) is 14.6 Å². The summed E-state index contributed by atoms with van der Waals surface area (Å²) in [5, 5.41) is 10.9. The molecule has 0 aliphatic carbocycles. The predicted molar refractivity (Wildman–Crippen MR) is 117 cm³/mol. The molecule has 0 saturated heterocycles. The molecule has 0 bridgehead atoms. The maximum absolute atomic E-state index is 13.8. The van der Waals surface area contributed by atoms with Crippen LogP contribution in [0.3, 0.4) is 0 Å². The quantitative estimate of drug-likeness (QED) is 0.502. The first-order chi connectivity index (χ1) is 14.8.